The van der Waals surface area contributed by atoms with E-state index in [0.29, 0.717) is 34.1 Å². The van der Waals surface area contributed by atoms with Crippen molar-refractivity contribution in [3.8, 4) is 17.2 Å². The summed E-state index contributed by atoms with van der Waals surface area (Å²) in [5.74, 6) is 1.32. The fourth-order valence-corrected chi connectivity index (χ4v) is 2.31. The van der Waals surface area contributed by atoms with Crippen LogP contribution in [0.3, 0.4) is 0 Å². The fourth-order valence-electron chi connectivity index (χ4n) is 2.31. The second-order valence-corrected chi connectivity index (χ2v) is 5.56. The third kappa shape index (κ3) is 3.32. The number of amides is 1. The highest BCUT2D eigenvalue weighted by Gasteiger charge is 2.17. The topological polar surface area (TPSA) is 73.9 Å². The SMILES string of the molecule is CC(C)Oc1ccc(C=O)cc1NC(=O)c1ccc2c(c1)OCO2. The number of anilines is 1. The Balaban J connectivity index is 1.86. The van der Waals surface area contributed by atoms with Crippen LogP contribution in [0.1, 0.15) is 34.6 Å². The zero-order chi connectivity index (χ0) is 17.1. The van der Waals surface area contributed by atoms with Gasteiger partial charge in [-0.05, 0) is 50.2 Å². The van der Waals surface area contributed by atoms with Crippen LogP contribution in [0.2, 0.25) is 0 Å². The van der Waals surface area contributed by atoms with Crippen LogP contribution >= 0.6 is 0 Å². The lowest BCUT2D eigenvalue weighted by Gasteiger charge is -2.15. The van der Waals surface area contributed by atoms with Crippen LogP contribution in [0.5, 0.6) is 17.2 Å². The molecule has 3 rings (SSSR count). The normalized spacial score (nSPS) is 12.1. The fraction of sp³-hybridized carbons (Fsp3) is 0.222. The van der Waals surface area contributed by atoms with Gasteiger partial charge in [0.1, 0.15) is 12.0 Å². The number of benzene rings is 2. The Bertz CT molecular complexity index is 785. The molecule has 1 aliphatic rings. The highest BCUT2D eigenvalue weighted by atomic mass is 16.7. The van der Waals surface area contributed by atoms with Gasteiger partial charge in [-0.2, -0.15) is 0 Å². The van der Waals surface area contributed by atoms with Crippen LogP contribution in [0, 0.1) is 0 Å². The lowest BCUT2D eigenvalue weighted by Crippen LogP contribution is -2.14. The van der Waals surface area contributed by atoms with Gasteiger partial charge in [-0.3, -0.25) is 9.59 Å². The Kier molecular flexibility index (Phi) is 4.37. The maximum absolute atomic E-state index is 12.5. The summed E-state index contributed by atoms with van der Waals surface area (Å²) in [5.41, 5.74) is 1.31. The van der Waals surface area contributed by atoms with E-state index in [1.54, 1.807) is 36.4 Å². The first-order valence-corrected chi connectivity index (χ1v) is 7.53. The van der Waals surface area contributed by atoms with E-state index in [1.165, 1.54) is 0 Å². The first kappa shape index (κ1) is 15.9. The Labute approximate surface area is 139 Å². The minimum Gasteiger partial charge on any atom is -0.489 e. The predicted octanol–water partition coefficient (Wildman–Crippen LogP) is 3.27. The molecule has 2 aromatic carbocycles. The summed E-state index contributed by atoms with van der Waals surface area (Å²) >= 11 is 0. The summed E-state index contributed by atoms with van der Waals surface area (Å²) < 4.78 is 16.2. The molecular weight excluding hydrogens is 310 g/mol. The number of aldehydes is 1. The van der Waals surface area contributed by atoms with Crippen molar-refractivity contribution >= 4 is 17.9 Å². The molecule has 0 aromatic heterocycles. The van der Waals surface area contributed by atoms with Crippen LogP contribution in [0.25, 0.3) is 0 Å². The Morgan fingerprint density at radius 3 is 2.71 bits per heavy atom. The zero-order valence-electron chi connectivity index (χ0n) is 13.4. The van der Waals surface area contributed by atoms with Crippen molar-refractivity contribution in [2.24, 2.45) is 0 Å². The van der Waals surface area contributed by atoms with Gasteiger partial charge in [-0.1, -0.05) is 0 Å². The molecule has 124 valence electrons. The first-order chi connectivity index (χ1) is 11.6. The van der Waals surface area contributed by atoms with Crippen molar-refractivity contribution in [3.05, 3.63) is 47.5 Å². The van der Waals surface area contributed by atoms with E-state index >= 15 is 0 Å². The summed E-state index contributed by atoms with van der Waals surface area (Å²) in [4.78, 5) is 23.5. The number of carbonyl (C=O) groups excluding carboxylic acids is 2. The van der Waals surface area contributed by atoms with Gasteiger partial charge in [0.15, 0.2) is 11.5 Å². The van der Waals surface area contributed by atoms with Crippen LogP contribution < -0.4 is 19.5 Å². The second-order valence-electron chi connectivity index (χ2n) is 5.56. The molecule has 1 heterocycles. The van der Waals surface area contributed by atoms with Crippen molar-refractivity contribution in [3.63, 3.8) is 0 Å². The molecule has 0 unspecified atom stereocenters. The summed E-state index contributed by atoms with van der Waals surface area (Å²) in [6, 6.07) is 9.83. The molecule has 1 N–H and O–H groups in total. The van der Waals surface area contributed by atoms with Gasteiger partial charge in [0, 0.05) is 11.1 Å². The van der Waals surface area contributed by atoms with Gasteiger partial charge < -0.3 is 19.5 Å². The molecule has 0 spiro atoms. The van der Waals surface area contributed by atoms with Crippen LogP contribution in [0.15, 0.2) is 36.4 Å². The molecule has 6 nitrogen and oxygen atoms in total. The number of rotatable bonds is 5. The first-order valence-electron chi connectivity index (χ1n) is 7.53. The van der Waals surface area contributed by atoms with Gasteiger partial charge in [0.25, 0.3) is 5.91 Å². The van der Waals surface area contributed by atoms with E-state index in [-0.39, 0.29) is 18.8 Å². The average molecular weight is 327 g/mol. The largest absolute Gasteiger partial charge is 0.489 e. The number of nitrogens with one attached hydrogen (secondary N) is 1. The lowest BCUT2D eigenvalue weighted by molar-refractivity contribution is 0.102. The number of fused-ring (bicyclic) bond motifs is 1. The van der Waals surface area contributed by atoms with Crippen molar-refractivity contribution < 1.29 is 23.8 Å². The van der Waals surface area contributed by atoms with Crippen LogP contribution in [-0.2, 0) is 0 Å². The third-order valence-corrected chi connectivity index (χ3v) is 3.39. The third-order valence-electron chi connectivity index (χ3n) is 3.39. The van der Waals surface area contributed by atoms with Crippen molar-refractivity contribution in [1.29, 1.82) is 0 Å². The number of ether oxygens (including phenoxy) is 3. The summed E-state index contributed by atoms with van der Waals surface area (Å²) in [6.45, 7) is 3.92. The molecule has 0 saturated heterocycles. The minimum absolute atomic E-state index is 0.0618. The molecule has 0 saturated carbocycles. The minimum atomic E-state index is -0.329. The maximum Gasteiger partial charge on any atom is 0.255 e. The van der Waals surface area contributed by atoms with Gasteiger partial charge in [-0.25, -0.2) is 0 Å². The quantitative estimate of drug-likeness (QED) is 0.853. The van der Waals surface area contributed by atoms with Crippen molar-refractivity contribution in [1.82, 2.24) is 0 Å². The van der Waals surface area contributed by atoms with Gasteiger partial charge in [0.05, 0.1) is 11.8 Å². The number of hydrogen-bond donors (Lipinski definition) is 1. The van der Waals surface area contributed by atoms with Crippen molar-refractivity contribution in [2.75, 3.05) is 12.1 Å². The van der Waals surface area contributed by atoms with E-state index in [4.69, 9.17) is 14.2 Å². The molecule has 1 aliphatic heterocycles. The van der Waals surface area contributed by atoms with Gasteiger partial charge in [0.2, 0.25) is 6.79 Å². The lowest BCUT2D eigenvalue weighted by atomic mass is 10.1. The highest BCUT2D eigenvalue weighted by Crippen LogP contribution is 2.33. The van der Waals surface area contributed by atoms with E-state index in [9.17, 15) is 9.59 Å². The van der Waals surface area contributed by atoms with Gasteiger partial charge in [-0.15, -0.1) is 0 Å². The Hall–Kier alpha value is -3.02. The van der Waals surface area contributed by atoms with E-state index < -0.39 is 0 Å². The Morgan fingerprint density at radius 2 is 1.96 bits per heavy atom. The molecule has 24 heavy (non-hydrogen) atoms. The molecular formula is C18H17NO5. The molecule has 0 fully saturated rings. The van der Waals surface area contributed by atoms with Crippen molar-refractivity contribution in [2.45, 2.75) is 20.0 Å². The standard InChI is InChI=1S/C18H17NO5/c1-11(2)24-15-5-3-12(9-20)7-14(15)19-18(21)13-4-6-16-17(8-13)23-10-22-16/h3-9,11H,10H2,1-2H3,(H,19,21). The second kappa shape index (κ2) is 6.62. The van der Waals surface area contributed by atoms with E-state index in [0.717, 1.165) is 6.29 Å². The molecule has 0 atom stereocenters. The molecule has 1 amide bonds. The average Bonchev–Trinajstić information content (AvgIpc) is 3.03. The number of carbonyl (C=O) groups is 2. The summed E-state index contributed by atoms with van der Waals surface area (Å²) in [6.07, 6.45) is 0.656. The van der Waals surface area contributed by atoms with Crippen LogP contribution in [-0.4, -0.2) is 25.1 Å². The maximum atomic E-state index is 12.5. The molecule has 0 bridgehead atoms. The highest BCUT2D eigenvalue weighted by molar-refractivity contribution is 6.05. The van der Waals surface area contributed by atoms with E-state index in [2.05, 4.69) is 5.32 Å². The van der Waals surface area contributed by atoms with Crippen LogP contribution in [0.4, 0.5) is 5.69 Å². The zero-order valence-corrected chi connectivity index (χ0v) is 13.4. The molecule has 0 aliphatic carbocycles. The number of hydrogen-bond acceptors (Lipinski definition) is 5. The Morgan fingerprint density at radius 1 is 1.17 bits per heavy atom. The summed E-state index contributed by atoms with van der Waals surface area (Å²) in [7, 11) is 0. The van der Waals surface area contributed by atoms with E-state index in [1.807, 2.05) is 13.8 Å². The smallest absolute Gasteiger partial charge is 0.255 e. The molecule has 0 radical (unpaired) electrons. The summed E-state index contributed by atoms with van der Waals surface area (Å²) in [5, 5.41) is 2.78. The predicted molar refractivity (Wildman–Crippen MR) is 88.1 cm³/mol. The molecule has 6 heteroatoms. The molecule has 2 aromatic rings. The van der Waals surface area contributed by atoms with Gasteiger partial charge >= 0.3 is 0 Å². The monoisotopic (exact) mass is 327 g/mol.